The van der Waals surface area contributed by atoms with Gasteiger partial charge in [-0.1, -0.05) is 15.9 Å². The van der Waals surface area contributed by atoms with Gasteiger partial charge in [-0.05, 0) is 51.8 Å². The van der Waals surface area contributed by atoms with E-state index in [-0.39, 0.29) is 17.9 Å². The minimum Gasteiger partial charge on any atom is -0.482 e. The van der Waals surface area contributed by atoms with E-state index in [1.807, 2.05) is 0 Å². The first kappa shape index (κ1) is 19.6. The Kier molecular flexibility index (Phi) is 6.49. The highest BCUT2D eigenvalue weighted by Gasteiger charge is 2.13. The number of amides is 1. The van der Waals surface area contributed by atoms with Crippen molar-refractivity contribution in [2.45, 2.75) is 0 Å². The van der Waals surface area contributed by atoms with E-state index in [1.54, 1.807) is 18.2 Å². The topological polar surface area (TPSA) is 119 Å². The average molecular weight is 481 g/mol. The fourth-order valence-electron chi connectivity index (χ4n) is 2.08. The van der Waals surface area contributed by atoms with Crippen LogP contribution >= 0.6 is 31.9 Å². The van der Waals surface area contributed by atoms with Crippen molar-refractivity contribution in [2.24, 2.45) is 5.73 Å². The second-order valence-electron chi connectivity index (χ2n) is 5.03. The molecule has 0 aromatic heterocycles. The van der Waals surface area contributed by atoms with Gasteiger partial charge in [-0.3, -0.25) is 14.9 Å². The summed E-state index contributed by atoms with van der Waals surface area (Å²) in [4.78, 5) is 21.2. The van der Waals surface area contributed by atoms with Crippen molar-refractivity contribution < 1.29 is 14.5 Å². The van der Waals surface area contributed by atoms with E-state index in [1.165, 1.54) is 24.3 Å². The van der Waals surface area contributed by atoms with Gasteiger partial charge < -0.3 is 10.5 Å². The number of allylic oxidation sites excluding steroid dienone is 1. The molecule has 2 aromatic rings. The second-order valence-corrected chi connectivity index (χ2v) is 6.80. The molecule has 2 rings (SSSR count). The van der Waals surface area contributed by atoms with Gasteiger partial charge in [0.1, 0.15) is 5.75 Å². The molecule has 26 heavy (non-hydrogen) atoms. The Balaban J connectivity index is 2.49. The summed E-state index contributed by atoms with van der Waals surface area (Å²) in [6.07, 6.45) is 1.56. The second kappa shape index (κ2) is 8.60. The zero-order valence-corrected chi connectivity index (χ0v) is 16.3. The van der Waals surface area contributed by atoms with Crippen LogP contribution in [0.15, 0.2) is 45.3 Å². The van der Waals surface area contributed by atoms with Gasteiger partial charge in [-0.25, -0.2) is 0 Å². The smallest absolute Gasteiger partial charge is 0.269 e. The number of hydrogen-bond donors (Lipinski definition) is 1. The van der Waals surface area contributed by atoms with Crippen LogP contribution in [0.25, 0.3) is 11.6 Å². The molecule has 132 valence electrons. The lowest BCUT2D eigenvalue weighted by atomic mass is 10.0. The van der Waals surface area contributed by atoms with E-state index in [0.29, 0.717) is 21.3 Å². The number of non-ortho nitro benzene ring substituents is 1. The number of hydrogen-bond acceptors (Lipinski definition) is 5. The summed E-state index contributed by atoms with van der Waals surface area (Å²) in [5, 5.41) is 20.2. The third-order valence-electron chi connectivity index (χ3n) is 3.21. The summed E-state index contributed by atoms with van der Waals surface area (Å²) in [5.41, 5.74) is 6.36. The third-order valence-corrected chi connectivity index (χ3v) is 4.25. The first-order valence-corrected chi connectivity index (χ1v) is 8.67. The maximum atomic E-state index is 11.0. The van der Waals surface area contributed by atoms with Crippen LogP contribution in [0.3, 0.4) is 0 Å². The highest BCUT2D eigenvalue weighted by molar-refractivity contribution is 9.11. The molecule has 1 amide bonds. The van der Waals surface area contributed by atoms with Crippen molar-refractivity contribution in [2.75, 3.05) is 6.61 Å². The number of primary amides is 1. The zero-order chi connectivity index (χ0) is 19.3. The van der Waals surface area contributed by atoms with Gasteiger partial charge >= 0.3 is 0 Å². The number of nitro groups is 1. The quantitative estimate of drug-likeness (QED) is 0.289. The maximum absolute atomic E-state index is 11.0. The van der Waals surface area contributed by atoms with Gasteiger partial charge in [0.05, 0.1) is 21.0 Å². The van der Waals surface area contributed by atoms with Crippen LogP contribution < -0.4 is 10.5 Å². The molecule has 0 saturated heterocycles. The predicted molar refractivity (Wildman–Crippen MR) is 103 cm³/mol. The summed E-state index contributed by atoms with van der Waals surface area (Å²) in [7, 11) is 0. The summed E-state index contributed by atoms with van der Waals surface area (Å²) in [6, 6.07) is 11.1. The summed E-state index contributed by atoms with van der Waals surface area (Å²) in [5.74, 6) is -0.285. The lowest BCUT2D eigenvalue weighted by Gasteiger charge is -2.11. The first-order valence-electron chi connectivity index (χ1n) is 7.08. The van der Waals surface area contributed by atoms with E-state index in [0.717, 1.165) is 4.47 Å². The SMILES string of the molecule is N#C/C(=C\c1cc(Br)cc(Br)c1OCC(N)=O)c1ccc([N+](=O)[O-])cc1. The highest BCUT2D eigenvalue weighted by atomic mass is 79.9. The standard InChI is InChI=1S/C17H11Br2N3O4/c18-13-6-11(17(15(19)7-13)26-9-16(21)23)5-12(8-20)10-1-3-14(4-2-10)22(24)25/h1-7H,9H2,(H2,21,23)/b12-5+. The molecule has 0 heterocycles. The van der Waals surface area contributed by atoms with Crippen LogP contribution in [0.5, 0.6) is 5.75 Å². The van der Waals surface area contributed by atoms with E-state index in [4.69, 9.17) is 10.5 Å². The number of nitrogens with zero attached hydrogens (tertiary/aromatic N) is 2. The largest absolute Gasteiger partial charge is 0.482 e. The number of nitrogens with two attached hydrogens (primary N) is 1. The van der Waals surface area contributed by atoms with Crippen molar-refractivity contribution in [3.05, 3.63) is 66.6 Å². The molecule has 0 saturated carbocycles. The Labute approximate surface area is 165 Å². The summed E-state index contributed by atoms with van der Waals surface area (Å²) >= 11 is 6.70. The van der Waals surface area contributed by atoms with Crippen molar-refractivity contribution in [3.63, 3.8) is 0 Å². The molecule has 0 aliphatic carbocycles. The number of nitriles is 1. The minimum absolute atomic E-state index is 0.0679. The lowest BCUT2D eigenvalue weighted by Crippen LogP contribution is -2.20. The Hall–Kier alpha value is -2.70. The number of carbonyl (C=O) groups is 1. The molecule has 2 aromatic carbocycles. The van der Waals surface area contributed by atoms with E-state index in [2.05, 4.69) is 37.9 Å². The highest BCUT2D eigenvalue weighted by Crippen LogP contribution is 2.35. The molecule has 2 N–H and O–H groups in total. The fraction of sp³-hybridized carbons (Fsp3) is 0.0588. The molecule has 0 spiro atoms. The number of rotatable bonds is 6. The molecular formula is C17H11Br2N3O4. The molecule has 0 bridgehead atoms. The van der Waals surface area contributed by atoms with Crippen LogP contribution in [0.4, 0.5) is 5.69 Å². The van der Waals surface area contributed by atoms with E-state index in [9.17, 15) is 20.2 Å². The predicted octanol–water partition coefficient (Wildman–Crippen LogP) is 4.05. The Bertz CT molecular complexity index is 934. The van der Waals surface area contributed by atoms with Crippen LogP contribution in [0, 0.1) is 21.4 Å². The Morgan fingerprint density at radius 2 is 1.96 bits per heavy atom. The molecule has 0 aliphatic rings. The monoisotopic (exact) mass is 479 g/mol. The van der Waals surface area contributed by atoms with Crippen LogP contribution in [-0.4, -0.2) is 17.4 Å². The Morgan fingerprint density at radius 3 is 2.50 bits per heavy atom. The number of nitro benzene ring substituents is 1. The van der Waals surface area contributed by atoms with Gasteiger partial charge in [0, 0.05) is 22.2 Å². The van der Waals surface area contributed by atoms with Crippen LogP contribution in [-0.2, 0) is 4.79 Å². The van der Waals surface area contributed by atoms with Gasteiger partial charge in [0.15, 0.2) is 6.61 Å². The fourth-order valence-corrected chi connectivity index (χ4v) is 3.45. The molecule has 0 aliphatic heterocycles. The van der Waals surface area contributed by atoms with Crippen molar-refractivity contribution in [1.29, 1.82) is 5.26 Å². The number of carbonyl (C=O) groups excluding carboxylic acids is 1. The minimum atomic E-state index is -0.634. The molecule has 7 nitrogen and oxygen atoms in total. The molecule has 0 radical (unpaired) electrons. The zero-order valence-electron chi connectivity index (χ0n) is 13.1. The summed E-state index contributed by atoms with van der Waals surface area (Å²) < 4.78 is 6.73. The number of ether oxygens (including phenoxy) is 1. The molecular weight excluding hydrogens is 470 g/mol. The van der Waals surface area contributed by atoms with Gasteiger partial charge in [-0.2, -0.15) is 5.26 Å². The molecule has 0 fully saturated rings. The molecule has 0 unspecified atom stereocenters. The van der Waals surface area contributed by atoms with Gasteiger partial charge in [0.2, 0.25) is 0 Å². The summed E-state index contributed by atoms with van der Waals surface area (Å²) in [6.45, 7) is -0.319. The van der Waals surface area contributed by atoms with Gasteiger partial charge in [-0.15, -0.1) is 0 Å². The third kappa shape index (κ3) is 4.91. The van der Waals surface area contributed by atoms with E-state index >= 15 is 0 Å². The normalized spacial score (nSPS) is 10.9. The van der Waals surface area contributed by atoms with Crippen LogP contribution in [0.1, 0.15) is 11.1 Å². The number of benzene rings is 2. The average Bonchev–Trinajstić information content (AvgIpc) is 2.58. The molecule has 0 atom stereocenters. The Morgan fingerprint density at radius 1 is 1.31 bits per heavy atom. The maximum Gasteiger partial charge on any atom is 0.269 e. The van der Waals surface area contributed by atoms with E-state index < -0.39 is 10.8 Å². The number of halogens is 2. The van der Waals surface area contributed by atoms with Gasteiger partial charge in [0.25, 0.3) is 11.6 Å². The molecule has 9 heteroatoms. The van der Waals surface area contributed by atoms with Crippen molar-refractivity contribution in [3.8, 4) is 11.8 Å². The van der Waals surface area contributed by atoms with Crippen molar-refractivity contribution >= 4 is 55.1 Å². The first-order chi connectivity index (χ1) is 12.3. The lowest BCUT2D eigenvalue weighted by molar-refractivity contribution is -0.384. The van der Waals surface area contributed by atoms with Crippen molar-refractivity contribution in [1.82, 2.24) is 0 Å². The van der Waals surface area contributed by atoms with Crippen LogP contribution in [0.2, 0.25) is 0 Å².